The van der Waals surface area contributed by atoms with Crippen LogP contribution >= 0.6 is 0 Å². The van der Waals surface area contributed by atoms with Crippen LogP contribution in [-0.2, 0) is 38.0 Å². The van der Waals surface area contributed by atoms with Crippen LogP contribution in [0.1, 0.15) is 37.5 Å². The van der Waals surface area contributed by atoms with E-state index in [0.717, 1.165) is 0 Å². The zero-order valence-electron chi connectivity index (χ0n) is 23.6. The molecule has 0 radical (unpaired) electrons. The molecule has 0 spiro atoms. The van der Waals surface area contributed by atoms with Crippen molar-refractivity contribution in [3.8, 4) is 0 Å². The molecule has 0 N–H and O–H groups in total. The van der Waals surface area contributed by atoms with Gasteiger partial charge in [0.05, 0.1) is 29.9 Å². The number of ether oxygens (including phenoxy) is 7. The van der Waals surface area contributed by atoms with E-state index in [0.29, 0.717) is 5.56 Å². The summed E-state index contributed by atoms with van der Waals surface area (Å²) in [4.78, 5) is 52.0. The molecule has 44 heavy (non-hydrogen) atoms. The van der Waals surface area contributed by atoms with Crippen LogP contribution in [0.2, 0.25) is 0 Å². The van der Waals surface area contributed by atoms with Crippen molar-refractivity contribution in [1.29, 1.82) is 0 Å². The standard InChI is InChI=1S/C33H30O11/c34-24-18-26-33(41-19-24,40-17-16-38-26)29-28(44-32(37)23-14-8-3-9-15-23)27(43-31(36)22-12-6-2-7-13-22)25(42-29)20-39-30(35)21-10-4-1-5-11-21/h1-15,25-29H,16-20H2/t25-,26-,27-,28-,29-,33-/m1/s1. The van der Waals surface area contributed by atoms with Crippen LogP contribution in [0.25, 0.3) is 0 Å². The Morgan fingerprint density at radius 3 is 1.84 bits per heavy atom. The highest BCUT2D eigenvalue weighted by Crippen LogP contribution is 2.43. The van der Waals surface area contributed by atoms with Crippen LogP contribution in [0.5, 0.6) is 0 Å². The number of hydrogen-bond acceptors (Lipinski definition) is 11. The van der Waals surface area contributed by atoms with E-state index < -0.39 is 54.2 Å². The molecule has 3 aliphatic rings. The Labute approximate surface area is 252 Å². The summed E-state index contributed by atoms with van der Waals surface area (Å²) in [7, 11) is 0. The molecule has 228 valence electrons. The minimum absolute atomic E-state index is 0.0264. The SMILES string of the molecule is O=C1CO[C@]2([C@@H]3O[C@H](COC(=O)c4ccccc4)[C@@H](OC(=O)c4ccccc4)[C@H]3OC(=O)c3ccccc3)OCCO[C@@H]2C1. The molecule has 3 aromatic carbocycles. The van der Waals surface area contributed by atoms with Gasteiger partial charge in [0.25, 0.3) is 0 Å². The van der Waals surface area contributed by atoms with Gasteiger partial charge in [-0.25, -0.2) is 14.4 Å². The Morgan fingerprint density at radius 2 is 1.25 bits per heavy atom. The molecule has 3 fully saturated rings. The second-order valence-corrected chi connectivity index (χ2v) is 10.5. The molecule has 3 aliphatic heterocycles. The summed E-state index contributed by atoms with van der Waals surface area (Å²) in [5, 5.41) is 0. The first kappa shape index (κ1) is 29.6. The number of esters is 3. The molecule has 11 nitrogen and oxygen atoms in total. The third-order valence-corrected chi connectivity index (χ3v) is 7.65. The van der Waals surface area contributed by atoms with E-state index in [2.05, 4.69) is 0 Å². The zero-order valence-corrected chi connectivity index (χ0v) is 23.6. The van der Waals surface area contributed by atoms with Gasteiger partial charge in [0.2, 0.25) is 5.79 Å². The molecule has 0 unspecified atom stereocenters. The second kappa shape index (κ2) is 13.1. The van der Waals surface area contributed by atoms with E-state index in [1.165, 1.54) is 0 Å². The molecule has 0 aliphatic carbocycles. The molecule has 0 bridgehead atoms. The van der Waals surface area contributed by atoms with Crippen molar-refractivity contribution in [2.24, 2.45) is 0 Å². The Balaban J connectivity index is 1.36. The summed E-state index contributed by atoms with van der Waals surface area (Å²) >= 11 is 0. The number of benzene rings is 3. The van der Waals surface area contributed by atoms with E-state index in [4.69, 9.17) is 33.2 Å². The van der Waals surface area contributed by atoms with Crippen molar-refractivity contribution in [1.82, 2.24) is 0 Å². The van der Waals surface area contributed by atoms with E-state index in [1.54, 1.807) is 91.0 Å². The molecule has 0 amide bonds. The summed E-state index contributed by atoms with van der Waals surface area (Å²) in [5.74, 6) is -3.94. The molecule has 11 heteroatoms. The lowest BCUT2D eigenvalue weighted by Gasteiger charge is -2.48. The topological polar surface area (TPSA) is 133 Å². The van der Waals surface area contributed by atoms with E-state index in [9.17, 15) is 19.2 Å². The Hall–Kier alpha value is -4.42. The quantitative estimate of drug-likeness (QED) is 0.278. The molecule has 3 aromatic rings. The van der Waals surface area contributed by atoms with Crippen molar-refractivity contribution in [3.63, 3.8) is 0 Å². The van der Waals surface area contributed by atoms with E-state index in [-0.39, 0.29) is 49.8 Å². The predicted molar refractivity (Wildman–Crippen MR) is 151 cm³/mol. The van der Waals surface area contributed by atoms with Crippen molar-refractivity contribution in [2.45, 2.75) is 42.7 Å². The molecule has 6 rings (SSSR count). The maximum absolute atomic E-state index is 13.4. The number of rotatable bonds is 8. The maximum Gasteiger partial charge on any atom is 0.338 e. The summed E-state index contributed by atoms with van der Waals surface area (Å²) in [6, 6.07) is 24.9. The van der Waals surface area contributed by atoms with Crippen molar-refractivity contribution in [3.05, 3.63) is 108 Å². The van der Waals surface area contributed by atoms with Gasteiger partial charge in [-0.3, -0.25) is 4.79 Å². The number of ketones is 1. The minimum atomic E-state index is -1.68. The fourth-order valence-corrected chi connectivity index (χ4v) is 5.55. The van der Waals surface area contributed by atoms with Gasteiger partial charge in [-0.15, -0.1) is 0 Å². The van der Waals surface area contributed by atoms with Gasteiger partial charge in [-0.1, -0.05) is 54.6 Å². The molecule has 6 atom stereocenters. The van der Waals surface area contributed by atoms with Gasteiger partial charge in [0.15, 0.2) is 24.1 Å². The highest BCUT2D eigenvalue weighted by atomic mass is 16.8. The van der Waals surface area contributed by atoms with Crippen molar-refractivity contribution >= 4 is 23.7 Å². The smallest absolute Gasteiger partial charge is 0.338 e. The molecular weight excluding hydrogens is 572 g/mol. The highest BCUT2D eigenvalue weighted by Gasteiger charge is 2.65. The summed E-state index contributed by atoms with van der Waals surface area (Å²) < 4.78 is 42.0. The van der Waals surface area contributed by atoms with Gasteiger partial charge < -0.3 is 33.2 Å². The summed E-state index contributed by atoms with van der Waals surface area (Å²) in [6.45, 7) is -0.348. The molecule has 3 saturated heterocycles. The maximum atomic E-state index is 13.4. The van der Waals surface area contributed by atoms with Crippen molar-refractivity contribution < 1.29 is 52.3 Å². The normalized spacial score (nSPS) is 28.0. The fourth-order valence-electron chi connectivity index (χ4n) is 5.55. The van der Waals surface area contributed by atoms with E-state index in [1.807, 2.05) is 0 Å². The van der Waals surface area contributed by atoms with Crippen LogP contribution in [0.15, 0.2) is 91.0 Å². The van der Waals surface area contributed by atoms with Gasteiger partial charge >= 0.3 is 17.9 Å². The van der Waals surface area contributed by atoms with Crippen LogP contribution in [0.3, 0.4) is 0 Å². The minimum Gasteiger partial charge on any atom is -0.459 e. The average molecular weight is 603 g/mol. The first-order valence-electron chi connectivity index (χ1n) is 14.3. The Morgan fingerprint density at radius 1 is 0.705 bits per heavy atom. The third-order valence-electron chi connectivity index (χ3n) is 7.65. The number of Topliss-reactive ketones (excluding diaryl/α,β-unsaturated/α-hetero) is 1. The first-order chi connectivity index (χ1) is 21.4. The lowest BCUT2D eigenvalue weighted by atomic mass is 9.90. The van der Waals surface area contributed by atoms with E-state index >= 15 is 0 Å². The van der Waals surface area contributed by atoms with Crippen LogP contribution < -0.4 is 0 Å². The molecule has 0 saturated carbocycles. The summed E-state index contributed by atoms with van der Waals surface area (Å²) in [5.41, 5.74) is 0.800. The molecule has 0 aromatic heterocycles. The fraction of sp³-hybridized carbons (Fsp3) is 0.333. The molecule has 3 heterocycles. The molecular formula is C33H30O11. The van der Waals surface area contributed by atoms with Gasteiger partial charge in [0.1, 0.15) is 25.4 Å². The average Bonchev–Trinajstić information content (AvgIpc) is 3.41. The van der Waals surface area contributed by atoms with Gasteiger partial charge in [-0.05, 0) is 36.4 Å². The lowest BCUT2D eigenvalue weighted by molar-refractivity contribution is -0.371. The van der Waals surface area contributed by atoms with Crippen molar-refractivity contribution in [2.75, 3.05) is 26.4 Å². The van der Waals surface area contributed by atoms with Gasteiger partial charge in [0, 0.05) is 6.42 Å². The van der Waals surface area contributed by atoms with Crippen LogP contribution in [-0.4, -0.2) is 86.4 Å². The number of carbonyl (C=O) groups is 4. The van der Waals surface area contributed by atoms with Crippen LogP contribution in [0.4, 0.5) is 0 Å². The Kier molecular flexibility index (Phi) is 8.80. The lowest BCUT2D eigenvalue weighted by Crippen LogP contribution is -2.66. The van der Waals surface area contributed by atoms with Crippen LogP contribution in [0, 0.1) is 0 Å². The second-order valence-electron chi connectivity index (χ2n) is 10.5. The highest BCUT2D eigenvalue weighted by molar-refractivity contribution is 5.91. The number of hydrogen-bond donors (Lipinski definition) is 0. The Bertz CT molecular complexity index is 1480. The summed E-state index contributed by atoms with van der Waals surface area (Å²) in [6.07, 6.45) is -5.85. The number of carbonyl (C=O) groups excluding carboxylic acids is 4. The van der Waals surface area contributed by atoms with Gasteiger partial charge in [-0.2, -0.15) is 0 Å². The predicted octanol–water partition coefficient (Wildman–Crippen LogP) is 3.16. The third kappa shape index (κ3) is 6.13. The zero-order chi connectivity index (χ0) is 30.5. The number of fused-ring (bicyclic) bond motifs is 1. The first-order valence-corrected chi connectivity index (χ1v) is 14.3. The monoisotopic (exact) mass is 602 g/mol. The largest absolute Gasteiger partial charge is 0.459 e.